The molecule has 3 heteroatoms. The predicted octanol–water partition coefficient (Wildman–Crippen LogP) is 3.88. The minimum absolute atomic E-state index is 0.648. The van der Waals surface area contributed by atoms with Crippen molar-refractivity contribution in [3.05, 3.63) is 34.9 Å². The number of benzene rings is 1. The second-order valence-electron chi connectivity index (χ2n) is 2.91. The summed E-state index contributed by atoms with van der Waals surface area (Å²) in [5, 5.41) is 9.18. The van der Waals surface area contributed by atoms with Gasteiger partial charge in [0, 0.05) is 17.2 Å². The maximum absolute atomic E-state index is 8.35. The molecule has 0 atom stereocenters. The molecule has 1 nitrogen and oxygen atoms in total. The van der Waals surface area contributed by atoms with E-state index in [0.29, 0.717) is 6.42 Å². The smallest absolute Gasteiger partial charge is 0.0622 e. The van der Waals surface area contributed by atoms with Crippen LogP contribution in [0.3, 0.4) is 0 Å². The third-order valence-electron chi connectivity index (χ3n) is 1.79. The van der Waals surface area contributed by atoms with Crippen LogP contribution in [0.4, 0.5) is 0 Å². The van der Waals surface area contributed by atoms with E-state index in [1.807, 2.05) is 36.0 Å². The number of hydrogen-bond acceptors (Lipinski definition) is 2. The molecule has 0 heterocycles. The van der Waals surface area contributed by atoms with Crippen LogP contribution in [0.5, 0.6) is 0 Å². The van der Waals surface area contributed by atoms with E-state index in [1.54, 1.807) is 0 Å². The van der Waals surface area contributed by atoms with Gasteiger partial charge in [0.2, 0.25) is 0 Å². The Morgan fingerprint density at radius 2 is 2.14 bits per heavy atom. The topological polar surface area (TPSA) is 23.8 Å². The van der Waals surface area contributed by atoms with Gasteiger partial charge in [-0.1, -0.05) is 29.8 Å². The van der Waals surface area contributed by atoms with Crippen LogP contribution >= 0.6 is 23.4 Å². The van der Waals surface area contributed by atoms with Crippen molar-refractivity contribution < 1.29 is 0 Å². The molecule has 0 aliphatic carbocycles. The van der Waals surface area contributed by atoms with Crippen LogP contribution in [0.15, 0.2) is 24.3 Å². The van der Waals surface area contributed by atoms with Gasteiger partial charge in [0.1, 0.15) is 0 Å². The maximum atomic E-state index is 8.35. The summed E-state index contributed by atoms with van der Waals surface area (Å²) in [6.07, 6.45) is 1.61. The van der Waals surface area contributed by atoms with Crippen LogP contribution in [0.1, 0.15) is 18.4 Å². The van der Waals surface area contributed by atoms with Crippen LogP contribution < -0.4 is 0 Å². The Kier molecular flexibility index (Phi) is 5.51. The highest BCUT2D eigenvalue weighted by Crippen LogP contribution is 2.21. The molecule has 0 aliphatic rings. The monoisotopic (exact) mass is 225 g/mol. The summed E-state index contributed by atoms with van der Waals surface area (Å²) in [5.74, 6) is 1.96. The number of unbranched alkanes of at least 4 members (excludes halogenated alkanes) is 1. The van der Waals surface area contributed by atoms with Crippen molar-refractivity contribution in [2.24, 2.45) is 0 Å². The minimum Gasteiger partial charge on any atom is -0.198 e. The van der Waals surface area contributed by atoms with Gasteiger partial charge in [0.15, 0.2) is 0 Å². The van der Waals surface area contributed by atoms with E-state index in [9.17, 15) is 0 Å². The highest BCUT2D eigenvalue weighted by atomic mass is 35.5. The standard InChI is InChI=1S/C11H12ClNS/c12-11-6-2-1-5-10(11)9-14-8-4-3-7-13/h1-2,5-6H,3-4,8-9H2. The first kappa shape index (κ1) is 11.4. The number of rotatable bonds is 5. The Bertz CT molecular complexity index is 319. The molecule has 0 unspecified atom stereocenters. The van der Waals surface area contributed by atoms with Gasteiger partial charge in [-0.3, -0.25) is 0 Å². The summed E-state index contributed by atoms with van der Waals surface area (Å²) in [6, 6.07) is 10.0. The molecule has 0 fully saturated rings. The zero-order valence-electron chi connectivity index (χ0n) is 7.87. The molecular weight excluding hydrogens is 214 g/mol. The van der Waals surface area contributed by atoms with E-state index >= 15 is 0 Å². The number of nitrogens with zero attached hydrogens (tertiary/aromatic N) is 1. The van der Waals surface area contributed by atoms with Crippen molar-refractivity contribution in [1.82, 2.24) is 0 Å². The quantitative estimate of drug-likeness (QED) is 0.711. The van der Waals surface area contributed by atoms with Gasteiger partial charge in [-0.25, -0.2) is 0 Å². The lowest BCUT2D eigenvalue weighted by atomic mass is 10.2. The molecule has 1 aromatic carbocycles. The third kappa shape index (κ3) is 4.04. The van der Waals surface area contributed by atoms with Crippen LogP contribution in [0, 0.1) is 11.3 Å². The van der Waals surface area contributed by atoms with Gasteiger partial charge in [-0.2, -0.15) is 17.0 Å². The van der Waals surface area contributed by atoms with Gasteiger partial charge >= 0.3 is 0 Å². The fourth-order valence-electron chi connectivity index (χ4n) is 1.05. The Morgan fingerprint density at radius 1 is 1.36 bits per heavy atom. The molecule has 0 aromatic heterocycles. The molecule has 0 spiro atoms. The SMILES string of the molecule is N#CCCCSCc1ccccc1Cl. The zero-order valence-corrected chi connectivity index (χ0v) is 9.44. The summed E-state index contributed by atoms with van der Waals surface area (Å²) in [7, 11) is 0. The largest absolute Gasteiger partial charge is 0.198 e. The number of hydrogen-bond donors (Lipinski definition) is 0. The highest BCUT2D eigenvalue weighted by molar-refractivity contribution is 7.98. The van der Waals surface area contributed by atoms with Crippen LogP contribution in [0.2, 0.25) is 5.02 Å². The predicted molar refractivity (Wildman–Crippen MR) is 62.5 cm³/mol. The van der Waals surface area contributed by atoms with Crippen molar-refractivity contribution in [2.75, 3.05) is 5.75 Å². The summed E-state index contributed by atoms with van der Waals surface area (Å²) in [4.78, 5) is 0. The van der Waals surface area contributed by atoms with E-state index in [4.69, 9.17) is 16.9 Å². The van der Waals surface area contributed by atoms with E-state index in [1.165, 1.54) is 5.56 Å². The molecular formula is C11H12ClNS. The molecule has 1 rings (SSSR count). The first-order valence-corrected chi connectivity index (χ1v) is 6.06. The third-order valence-corrected chi connectivity index (χ3v) is 3.25. The second kappa shape index (κ2) is 6.75. The first-order chi connectivity index (χ1) is 6.84. The number of halogens is 1. The summed E-state index contributed by atoms with van der Waals surface area (Å²) in [5.41, 5.74) is 1.18. The number of thioether (sulfide) groups is 1. The van der Waals surface area contributed by atoms with Crippen molar-refractivity contribution >= 4 is 23.4 Å². The van der Waals surface area contributed by atoms with Crippen LogP contribution in [0.25, 0.3) is 0 Å². The fourth-order valence-corrected chi connectivity index (χ4v) is 2.30. The molecule has 0 aliphatic heterocycles. The van der Waals surface area contributed by atoms with Gasteiger partial charge in [0.05, 0.1) is 6.07 Å². The average Bonchev–Trinajstić information content (AvgIpc) is 2.20. The van der Waals surface area contributed by atoms with Gasteiger partial charge in [-0.05, 0) is 23.8 Å². The normalized spacial score (nSPS) is 9.71. The molecule has 0 amide bonds. The minimum atomic E-state index is 0.648. The maximum Gasteiger partial charge on any atom is 0.0622 e. The summed E-state index contributed by atoms with van der Waals surface area (Å²) in [6.45, 7) is 0. The molecule has 0 bridgehead atoms. The molecule has 0 saturated heterocycles. The summed E-state index contributed by atoms with van der Waals surface area (Å²) < 4.78 is 0. The Morgan fingerprint density at radius 3 is 2.86 bits per heavy atom. The zero-order chi connectivity index (χ0) is 10.2. The molecule has 0 radical (unpaired) electrons. The van der Waals surface area contributed by atoms with Gasteiger partial charge in [-0.15, -0.1) is 0 Å². The molecule has 0 N–H and O–H groups in total. The van der Waals surface area contributed by atoms with E-state index < -0.39 is 0 Å². The van der Waals surface area contributed by atoms with Gasteiger partial charge in [0.25, 0.3) is 0 Å². The van der Waals surface area contributed by atoms with Crippen molar-refractivity contribution in [1.29, 1.82) is 5.26 Å². The Balaban J connectivity index is 2.25. The highest BCUT2D eigenvalue weighted by Gasteiger charge is 1.98. The molecule has 1 aromatic rings. The lowest BCUT2D eigenvalue weighted by molar-refractivity contribution is 0.981. The second-order valence-corrected chi connectivity index (χ2v) is 4.42. The van der Waals surface area contributed by atoms with Crippen LogP contribution in [-0.2, 0) is 5.75 Å². The first-order valence-electron chi connectivity index (χ1n) is 4.52. The lowest BCUT2D eigenvalue weighted by Crippen LogP contribution is -1.84. The Hall–Kier alpha value is -0.650. The van der Waals surface area contributed by atoms with E-state index in [0.717, 1.165) is 22.9 Å². The summed E-state index contributed by atoms with van der Waals surface area (Å²) >= 11 is 7.82. The van der Waals surface area contributed by atoms with Crippen LogP contribution in [-0.4, -0.2) is 5.75 Å². The van der Waals surface area contributed by atoms with E-state index in [-0.39, 0.29) is 0 Å². The van der Waals surface area contributed by atoms with Crippen molar-refractivity contribution in [3.63, 3.8) is 0 Å². The lowest BCUT2D eigenvalue weighted by Gasteiger charge is -2.02. The molecule has 0 saturated carbocycles. The van der Waals surface area contributed by atoms with Crippen molar-refractivity contribution in [2.45, 2.75) is 18.6 Å². The molecule has 14 heavy (non-hydrogen) atoms. The Labute approximate surface area is 94.1 Å². The van der Waals surface area contributed by atoms with Crippen molar-refractivity contribution in [3.8, 4) is 6.07 Å². The molecule has 74 valence electrons. The fraction of sp³-hybridized carbons (Fsp3) is 0.364. The average molecular weight is 226 g/mol. The van der Waals surface area contributed by atoms with Gasteiger partial charge < -0.3 is 0 Å². The number of nitriles is 1. The van der Waals surface area contributed by atoms with E-state index in [2.05, 4.69) is 6.07 Å².